The van der Waals surface area contributed by atoms with E-state index in [0.29, 0.717) is 35.9 Å². The van der Waals surface area contributed by atoms with Gasteiger partial charge in [0.25, 0.3) is 5.56 Å². The Hall–Kier alpha value is -2.54. The van der Waals surface area contributed by atoms with Crippen LogP contribution in [0.5, 0.6) is 0 Å². The molecule has 1 saturated heterocycles. The third-order valence-corrected chi connectivity index (χ3v) is 4.23. The van der Waals surface area contributed by atoms with Crippen molar-refractivity contribution in [2.75, 3.05) is 13.1 Å². The maximum Gasteiger partial charge on any atom is 0.255 e. The first-order valence-electron chi connectivity index (χ1n) is 8.38. The number of nitrogens with one attached hydrogen (secondary N) is 1. The summed E-state index contributed by atoms with van der Waals surface area (Å²) in [6.45, 7) is 6.71. The van der Waals surface area contributed by atoms with Crippen LogP contribution in [0.15, 0.2) is 29.2 Å². The van der Waals surface area contributed by atoms with Crippen LogP contribution in [-0.4, -0.2) is 51.1 Å². The van der Waals surface area contributed by atoms with Crippen LogP contribution in [0.25, 0.3) is 11.5 Å². The van der Waals surface area contributed by atoms with Gasteiger partial charge in [-0.05, 0) is 32.9 Å². The lowest BCUT2D eigenvalue weighted by atomic mass is 10.1. The van der Waals surface area contributed by atoms with Gasteiger partial charge in [0, 0.05) is 30.5 Å². The van der Waals surface area contributed by atoms with E-state index >= 15 is 0 Å². The van der Waals surface area contributed by atoms with E-state index in [1.54, 1.807) is 30.2 Å². The van der Waals surface area contributed by atoms with Gasteiger partial charge in [0.05, 0.1) is 18.6 Å². The number of hydrogen-bond donors (Lipinski definition) is 1. The third kappa shape index (κ3) is 3.93. The maximum absolute atomic E-state index is 12.6. The Morgan fingerprint density at radius 1 is 1.32 bits per heavy atom. The minimum atomic E-state index is -0.296. The molecule has 1 N–H and O–H groups in total. The van der Waals surface area contributed by atoms with E-state index in [-0.39, 0.29) is 30.1 Å². The first-order chi connectivity index (χ1) is 11.9. The highest BCUT2D eigenvalue weighted by Crippen LogP contribution is 2.14. The number of H-pyrrole nitrogens is 1. The lowest BCUT2D eigenvalue weighted by Gasteiger charge is -2.35. The van der Waals surface area contributed by atoms with Gasteiger partial charge in [-0.15, -0.1) is 0 Å². The quantitative estimate of drug-likeness (QED) is 0.909. The van der Waals surface area contributed by atoms with Gasteiger partial charge in [-0.25, -0.2) is 4.98 Å². The van der Waals surface area contributed by atoms with Crippen LogP contribution in [0.3, 0.4) is 0 Å². The van der Waals surface area contributed by atoms with Crippen molar-refractivity contribution in [3.63, 3.8) is 0 Å². The number of morpholine rings is 1. The van der Waals surface area contributed by atoms with Crippen LogP contribution in [0, 0.1) is 6.92 Å². The fourth-order valence-corrected chi connectivity index (χ4v) is 3.09. The summed E-state index contributed by atoms with van der Waals surface area (Å²) >= 11 is 0. The summed E-state index contributed by atoms with van der Waals surface area (Å²) < 4.78 is 5.65. The van der Waals surface area contributed by atoms with E-state index in [9.17, 15) is 9.59 Å². The lowest BCUT2D eigenvalue weighted by Crippen LogP contribution is -2.49. The van der Waals surface area contributed by atoms with Crippen molar-refractivity contribution in [3.05, 3.63) is 46.0 Å². The SMILES string of the molecule is Cc1nc(-c2ccccn2)[nH]c(=O)c1CC(=O)N1C[C@H](C)O[C@@H](C)C1. The zero-order chi connectivity index (χ0) is 18.0. The Balaban J connectivity index is 1.81. The monoisotopic (exact) mass is 342 g/mol. The summed E-state index contributed by atoms with van der Waals surface area (Å²) in [7, 11) is 0. The predicted molar refractivity (Wildman–Crippen MR) is 93.1 cm³/mol. The number of aryl methyl sites for hydroxylation is 1. The second-order valence-electron chi connectivity index (χ2n) is 6.43. The molecule has 25 heavy (non-hydrogen) atoms. The normalized spacial score (nSPS) is 20.5. The van der Waals surface area contributed by atoms with Crippen LogP contribution in [-0.2, 0) is 16.0 Å². The van der Waals surface area contributed by atoms with Crippen LogP contribution in [0.4, 0.5) is 0 Å². The highest BCUT2D eigenvalue weighted by Gasteiger charge is 2.27. The third-order valence-electron chi connectivity index (χ3n) is 4.23. The molecule has 1 amide bonds. The van der Waals surface area contributed by atoms with Crippen LogP contribution >= 0.6 is 0 Å². The van der Waals surface area contributed by atoms with E-state index in [0.717, 1.165) is 0 Å². The fraction of sp³-hybridized carbons (Fsp3) is 0.444. The van der Waals surface area contributed by atoms with E-state index in [1.807, 2.05) is 19.9 Å². The second-order valence-corrected chi connectivity index (χ2v) is 6.43. The molecular formula is C18H22N4O3. The summed E-state index contributed by atoms with van der Waals surface area (Å²) in [5.41, 5.74) is 1.25. The zero-order valence-corrected chi connectivity index (χ0v) is 14.7. The van der Waals surface area contributed by atoms with Gasteiger partial charge in [-0.2, -0.15) is 0 Å². The summed E-state index contributed by atoms with van der Waals surface area (Å²) in [6, 6.07) is 5.40. The van der Waals surface area contributed by atoms with Crippen molar-refractivity contribution in [1.29, 1.82) is 0 Å². The van der Waals surface area contributed by atoms with Gasteiger partial charge >= 0.3 is 0 Å². The number of nitrogens with zero attached hydrogens (tertiary/aromatic N) is 3. The Morgan fingerprint density at radius 3 is 2.64 bits per heavy atom. The molecule has 1 aliphatic rings. The van der Waals surface area contributed by atoms with Crippen molar-refractivity contribution >= 4 is 5.91 Å². The van der Waals surface area contributed by atoms with E-state index < -0.39 is 0 Å². The zero-order valence-electron chi connectivity index (χ0n) is 14.7. The Labute approximate surface area is 146 Å². The molecule has 0 radical (unpaired) electrons. The van der Waals surface area contributed by atoms with E-state index in [4.69, 9.17) is 4.74 Å². The number of rotatable bonds is 3. The molecule has 1 fully saturated rings. The molecule has 7 nitrogen and oxygen atoms in total. The molecule has 0 spiro atoms. The number of carbonyl (C=O) groups is 1. The lowest BCUT2D eigenvalue weighted by molar-refractivity contribution is -0.142. The highest BCUT2D eigenvalue weighted by atomic mass is 16.5. The number of carbonyl (C=O) groups excluding carboxylic acids is 1. The maximum atomic E-state index is 12.6. The first kappa shape index (κ1) is 17.3. The Morgan fingerprint density at radius 2 is 2.04 bits per heavy atom. The standard InChI is InChI=1S/C18H22N4O3/c1-11-9-22(10-12(2)25-11)16(23)8-14-13(3)20-17(21-18(14)24)15-6-4-5-7-19-15/h4-7,11-12H,8-10H2,1-3H3,(H,20,21,24)/t11-,12-/m0/s1. The number of ether oxygens (including phenoxy) is 1. The number of amides is 1. The van der Waals surface area contributed by atoms with Crippen molar-refractivity contribution < 1.29 is 9.53 Å². The van der Waals surface area contributed by atoms with Gasteiger partial charge in [0.15, 0.2) is 5.82 Å². The molecule has 0 aliphatic carbocycles. The minimum Gasteiger partial charge on any atom is -0.372 e. The molecule has 7 heteroatoms. The van der Waals surface area contributed by atoms with Crippen LogP contribution in [0.2, 0.25) is 0 Å². The minimum absolute atomic E-state index is 0.00302. The summed E-state index contributed by atoms with van der Waals surface area (Å²) in [4.78, 5) is 38.2. The molecular weight excluding hydrogens is 320 g/mol. The van der Waals surface area contributed by atoms with E-state index in [1.165, 1.54) is 0 Å². The van der Waals surface area contributed by atoms with Crippen molar-refractivity contribution in [2.45, 2.75) is 39.4 Å². The molecule has 0 saturated carbocycles. The van der Waals surface area contributed by atoms with Crippen molar-refractivity contribution in [3.8, 4) is 11.5 Å². The Bertz CT molecular complexity index is 809. The summed E-state index contributed by atoms with van der Waals surface area (Å²) in [6.07, 6.45) is 1.67. The molecule has 0 aromatic carbocycles. The topological polar surface area (TPSA) is 88.2 Å². The van der Waals surface area contributed by atoms with Crippen LogP contribution < -0.4 is 5.56 Å². The number of hydrogen-bond acceptors (Lipinski definition) is 5. The molecule has 132 valence electrons. The molecule has 3 rings (SSSR count). The molecule has 2 atom stereocenters. The molecule has 1 aliphatic heterocycles. The van der Waals surface area contributed by atoms with Gasteiger partial charge in [0.1, 0.15) is 5.69 Å². The van der Waals surface area contributed by atoms with Crippen molar-refractivity contribution in [2.24, 2.45) is 0 Å². The van der Waals surface area contributed by atoms with E-state index in [2.05, 4.69) is 15.0 Å². The summed E-state index contributed by atoms with van der Waals surface area (Å²) in [5, 5.41) is 0. The smallest absolute Gasteiger partial charge is 0.255 e. The highest BCUT2D eigenvalue weighted by molar-refractivity contribution is 5.79. The largest absolute Gasteiger partial charge is 0.372 e. The number of pyridine rings is 1. The van der Waals surface area contributed by atoms with Gasteiger partial charge in [0.2, 0.25) is 5.91 Å². The average molecular weight is 342 g/mol. The first-order valence-corrected chi connectivity index (χ1v) is 8.38. The molecule has 3 heterocycles. The molecule has 2 aromatic heterocycles. The predicted octanol–water partition coefficient (Wildman–Crippen LogP) is 1.32. The number of aromatic amines is 1. The molecule has 2 aromatic rings. The molecule has 0 bridgehead atoms. The van der Waals surface area contributed by atoms with Crippen molar-refractivity contribution in [1.82, 2.24) is 19.9 Å². The fourth-order valence-electron chi connectivity index (χ4n) is 3.09. The van der Waals surface area contributed by atoms with Crippen LogP contribution in [0.1, 0.15) is 25.1 Å². The van der Waals surface area contributed by atoms with Gasteiger partial charge < -0.3 is 14.6 Å². The summed E-state index contributed by atoms with van der Waals surface area (Å²) in [5.74, 6) is 0.330. The van der Waals surface area contributed by atoms with Gasteiger partial charge in [-0.1, -0.05) is 6.07 Å². The average Bonchev–Trinajstić information content (AvgIpc) is 2.57. The number of aromatic nitrogens is 3. The second kappa shape index (κ2) is 7.14. The molecule has 0 unspecified atom stereocenters. The Kier molecular flexibility index (Phi) is 4.94. The van der Waals surface area contributed by atoms with Gasteiger partial charge in [-0.3, -0.25) is 14.6 Å².